The number of aliphatic hydroxyl groups excluding tert-OH is 1. The fraction of sp³-hybridized carbons (Fsp3) is 0.940. The molecule has 0 aliphatic rings. The molecular weight excluding hydrogens is 1140 g/mol. The van der Waals surface area contributed by atoms with Gasteiger partial charge in [0, 0.05) is 25.7 Å². The van der Waals surface area contributed by atoms with E-state index in [0.717, 1.165) is 95.8 Å². The fourth-order valence-electron chi connectivity index (χ4n) is 10.1. The van der Waals surface area contributed by atoms with Crippen molar-refractivity contribution < 1.29 is 80.2 Å². The largest absolute Gasteiger partial charge is 0.472 e. The van der Waals surface area contributed by atoms with Crippen molar-refractivity contribution in [3.05, 3.63) is 0 Å². The van der Waals surface area contributed by atoms with Crippen LogP contribution in [0.3, 0.4) is 0 Å². The van der Waals surface area contributed by atoms with Crippen LogP contribution in [-0.2, 0) is 65.4 Å². The molecule has 0 spiro atoms. The number of rotatable bonds is 66. The van der Waals surface area contributed by atoms with Gasteiger partial charge in [-0.05, 0) is 37.5 Å². The monoisotopic (exact) mass is 1270 g/mol. The van der Waals surface area contributed by atoms with Crippen LogP contribution in [0.15, 0.2) is 0 Å². The summed E-state index contributed by atoms with van der Waals surface area (Å²) in [6, 6.07) is 0. The summed E-state index contributed by atoms with van der Waals surface area (Å²) in [6.45, 7) is 9.38. The maximum atomic E-state index is 13.0. The van der Waals surface area contributed by atoms with E-state index in [0.29, 0.717) is 31.6 Å². The molecule has 0 fully saturated rings. The Morgan fingerprint density at radius 1 is 0.314 bits per heavy atom. The minimum Gasteiger partial charge on any atom is -0.462 e. The van der Waals surface area contributed by atoms with Gasteiger partial charge in [-0.2, -0.15) is 0 Å². The average Bonchev–Trinajstić information content (AvgIpc) is 3.46. The Hall–Kier alpha value is -1.94. The molecule has 0 aliphatic carbocycles. The molecule has 17 nitrogen and oxygen atoms in total. The van der Waals surface area contributed by atoms with Crippen molar-refractivity contribution in [2.75, 3.05) is 39.6 Å². The summed E-state index contributed by atoms with van der Waals surface area (Å²) in [4.78, 5) is 72.3. The third kappa shape index (κ3) is 60.9. The van der Waals surface area contributed by atoms with E-state index in [1.807, 2.05) is 0 Å². The second-order valence-electron chi connectivity index (χ2n) is 25.2. The minimum absolute atomic E-state index is 0.102. The van der Waals surface area contributed by atoms with Crippen LogP contribution in [0.25, 0.3) is 0 Å². The SMILES string of the molecule is CCCCCCCCCCCCCCCCCCCC(=O)O[C@H](COC(=O)CCCCCCCCCCC(C)C)COP(=O)(O)OC[C@@H](O)COP(=O)(O)OC[C@@H](COC(=O)CCCCCCCCCCC)OC(=O)CCCCCCCCC(C)C. The molecule has 0 heterocycles. The molecule has 0 aromatic rings. The molecule has 5 atom stereocenters. The molecule has 19 heteroatoms. The lowest BCUT2D eigenvalue weighted by Crippen LogP contribution is -2.30. The smallest absolute Gasteiger partial charge is 0.462 e. The fourth-order valence-corrected chi connectivity index (χ4v) is 11.6. The van der Waals surface area contributed by atoms with Crippen molar-refractivity contribution in [1.29, 1.82) is 0 Å². The predicted molar refractivity (Wildman–Crippen MR) is 345 cm³/mol. The van der Waals surface area contributed by atoms with E-state index in [2.05, 4.69) is 41.5 Å². The summed E-state index contributed by atoms with van der Waals surface area (Å²) < 4.78 is 68.1. The third-order valence-corrected chi connectivity index (χ3v) is 17.4. The minimum atomic E-state index is -4.95. The molecular formula is C67H130O17P2. The first kappa shape index (κ1) is 84.1. The highest BCUT2D eigenvalue weighted by molar-refractivity contribution is 7.47. The number of carbonyl (C=O) groups excluding carboxylic acids is 4. The van der Waals surface area contributed by atoms with Gasteiger partial charge in [-0.3, -0.25) is 37.3 Å². The molecule has 0 amide bonds. The van der Waals surface area contributed by atoms with Gasteiger partial charge in [0.2, 0.25) is 0 Å². The van der Waals surface area contributed by atoms with Gasteiger partial charge in [-0.25, -0.2) is 9.13 Å². The summed E-state index contributed by atoms with van der Waals surface area (Å²) in [5.41, 5.74) is 0. The number of hydrogen-bond acceptors (Lipinski definition) is 15. The van der Waals surface area contributed by atoms with E-state index >= 15 is 0 Å². The Morgan fingerprint density at radius 2 is 0.535 bits per heavy atom. The van der Waals surface area contributed by atoms with Gasteiger partial charge in [0.05, 0.1) is 26.4 Å². The first-order valence-corrected chi connectivity index (χ1v) is 38.0. The Morgan fingerprint density at radius 3 is 0.791 bits per heavy atom. The topological polar surface area (TPSA) is 237 Å². The lowest BCUT2D eigenvalue weighted by Gasteiger charge is -2.21. The molecule has 0 aliphatic heterocycles. The van der Waals surface area contributed by atoms with Crippen LogP contribution in [0.4, 0.5) is 0 Å². The Bertz CT molecular complexity index is 1680. The lowest BCUT2D eigenvalue weighted by atomic mass is 10.0. The summed E-state index contributed by atoms with van der Waals surface area (Å²) in [5.74, 6) is -0.739. The number of unbranched alkanes of at least 4 members (excludes halogenated alkanes) is 36. The van der Waals surface area contributed by atoms with Gasteiger partial charge in [-0.1, -0.05) is 286 Å². The van der Waals surface area contributed by atoms with Crippen LogP contribution >= 0.6 is 15.6 Å². The molecule has 86 heavy (non-hydrogen) atoms. The van der Waals surface area contributed by atoms with Crippen LogP contribution in [-0.4, -0.2) is 96.7 Å². The molecule has 0 saturated heterocycles. The zero-order valence-electron chi connectivity index (χ0n) is 55.6. The van der Waals surface area contributed by atoms with Crippen LogP contribution in [0.1, 0.15) is 337 Å². The molecule has 3 N–H and O–H groups in total. The number of carbonyl (C=O) groups is 4. The first-order chi connectivity index (χ1) is 41.4. The maximum Gasteiger partial charge on any atom is 0.472 e. The van der Waals surface area contributed by atoms with Crippen molar-refractivity contribution in [3.8, 4) is 0 Å². The van der Waals surface area contributed by atoms with Crippen molar-refractivity contribution in [3.63, 3.8) is 0 Å². The normalized spacial score (nSPS) is 14.2. The Balaban J connectivity index is 5.20. The summed E-state index contributed by atoms with van der Waals surface area (Å²) in [7, 11) is -9.89. The second kappa shape index (κ2) is 59.4. The summed E-state index contributed by atoms with van der Waals surface area (Å²) in [5, 5.41) is 10.5. The molecule has 0 bridgehead atoms. The zero-order chi connectivity index (χ0) is 63.6. The van der Waals surface area contributed by atoms with Gasteiger partial charge >= 0.3 is 39.5 Å². The van der Waals surface area contributed by atoms with Crippen molar-refractivity contribution in [1.82, 2.24) is 0 Å². The molecule has 0 aromatic heterocycles. The van der Waals surface area contributed by atoms with E-state index in [4.69, 9.17) is 37.0 Å². The standard InChI is InChI=1S/C67H130O17P2/c1-7-9-11-13-15-17-18-19-20-21-22-23-24-26-32-39-45-51-66(71)83-62(55-78-65(70)50-44-38-31-28-27-29-35-41-47-59(3)4)57-81-85(73,74)79-53-61(68)54-80-86(75,76)82-58-63(84-67(72)52-46-40-34-33-36-42-48-60(5)6)56-77-64(69)49-43-37-30-25-16-14-12-10-8-2/h59-63,68H,7-58H2,1-6H3,(H,73,74)(H,75,76)/t61-,62-,63-/m1/s1. The molecule has 2 unspecified atom stereocenters. The Kier molecular flexibility index (Phi) is 58.0. The maximum absolute atomic E-state index is 13.0. The van der Waals surface area contributed by atoms with Crippen molar-refractivity contribution in [2.45, 2.75) is 355 Å². The zero-order valence-corrected chi connectivity index (χ0v) is 57.4. The van der Waals surface area contributed by atoms with E-state index < -0.39 is 97.5 Å². The van der Waals surface area contributed by atoms with E-state index in [-0.39, 0.29) is 25.7 Å². The lowest BCUT2D eigenvalue weighted by molar-refractivity contribution is -0.161. The van der Waals surface area contributed by atoms with Gasteiger partial charge < -0.3 is 33.8 Å². The van der Waals surface area contributed by atoms with Crippen molar-refractivity contribution >= 4 is 39.5 Å². The molecule has 0 saturated carbocycles. The highest BCUT2D eigenvalue weighted by atomic mass is 31.2. The third-order valence-electron chi connectivity index (χ3n) is 15.5. The number of phosphoric ester groups is 2. The van der Waals surface area contributed by atoms with Crippen molar-refractivity contribution in [2.24, 2.45) is 11.8 Å². The predicted octanol–water partition coefficient (Wildman–Crippen LogP) is 18.8. The number of phosphoric acid groups is 2. The van der Waals surface area contributed by atoms with Crippen LogP contribution in [0, 0.1) is 11.8 Å². The highest BCUT2D eigenvalue weighted by Gasteiger charge is 2.30. The molecule has 510 valence electrons. The molecule has 0 aromatic carbocycles. The van der Waals surface area contributed by atoms with Gasteiger partial charge in [-0.15, -0.1) is 0 Å². The van der Waals surface area contributed by atoms with E-state index in [9.17, 15) is 43.2 Å². The van der Waals surface area contributed by atoms with Crippen LogP contribution < -0.4 is 0 Å². The number of ether oxygens (including phenoxy) is 4. The quantitative estimate of drug-likeness (QED) is 0.0222. The highest BCUT2D eigenvalue weighted by Crippen LogP contribution is 2.45. The van der Waals surface area contributed by atoms with Crippen LogP contribution in [0.2, 0.25) is 0 Å². The molecule has 0 radical (unpaired) electrons. The number of hydrogen-bond donors (Lipinski definition) is 3. The summed E-state index contributed by atoms with van der Waals surface area (Å²) in [6.07, 6.45) is 43.3. The number of esters is 4. The molecule has 0 rings (SSSR count). The van der Waals surface area contributed by atoms with E-state index in [1.165, 1.54) is 154 Å². The van der Waals surface area contributed by atoms with E-state index in [1.54, 1.807) is 0 Å². The first-order valence-electron chi connectivity index (χ1n) is 35.0. The van der Waals surface area contributed by atoms with Gasteiger partial charge in [0.15, 0.2) is 12.2 Å². The average molecular weight is 1270 g/mol. The Labute approximate surface area is 524 Å². The number of aliphatic hydroxyl groups is 1. The van der Waals surface area contributed by atoms with Gasteiger partial charge in [0.1, 0.15) is 19.3 Å². The second-order valence-corrected chi connectivity index (χ2v) is 28.1. The van der Waals surface area contributed by atoms with Crippen LogP contribution in [0.5, 0.6) is 0 Å². The van der Waals surface area contributed by atoms with Gasteiger partial charge in [0.25, 0.3) is 0 Å². The summed E-state index contributed by atoms with van der Waals surface area (Å²) >= 11 is 0.